The number of imide groups is 1. The molecule has 1 aliphatic rings. The van der Waals surface area contributed by atoms with E-state index in [-0.39, 0.29) is 43.8 Å². The number of hydrogen-bond acceptors (Lipinski definition) is 10. The van der Waals surface area contributed by atoms with Crippen LogP contribution in [0.1, 0.15) is 56.9 Å². The van der Waals surface area contributed by atoms with Crippen molar-refractivity contribution in [2.24, 2.45) is 11.8 Å². The normalized spacial score (nSPS) is 16.0. The summed E-state index contributed by atoms with van der Waals surface area (Å²) in [5, 5.41) is 6.13. The van der Waals surface area contributed by atoms with Gasteiger partial charge in [0.1, 0.15) is 24.1 Å². The largest absolute Gasteiger partial charge is 0.496 e. The van der Waals surface area contributed by atoms with Gasteiger partial charge in [0.25, 0.3) is 5.91 Å². The molecule has 3 N–H and O–H groups in total. The van der Waals surface area contributed by atoms with Gasteiger partial charge in [-0.25, -0.2) is 9.69 Å². The molecule has 3 rings (SSSR count). The number of carbonyl (C=O) groups is 6. The molecule has 240 valence electrons. The zero-order chi connectivity index (χ0) is 32.4. The Morgan fingerprint density at radius 1 is 1.09 bits per heavy atom. The van der Waals surface area contributed by atoms with E-state index in [0.29, 0.717) is 16.7 Å². The highest BCUT2D eigenvalue weighted by molar-refractivity contribution is 6.02. The number of benzene rings is 1. The lowest BCUT2D eigenvalue weighted by Gasteiger charge is -2.25. The maximum Gasteiger partial charge on any atom is 0.416 e. The summed E-state index contributed by atoms with van der Waals surface area (Å²) in [4.78, 5) is 80.2. The topological polar surface area (TPSA) is 182 Å². The minimum Gasteiger partial charge on any atom is -0.496 e. The van der Waals surface area contributed by atoms with Gasteiger partial charge in [0.15, 0.2) is 12.6 Å². The minimum atomic E-state index is -1.19. The van der Waals surface area contributed by atoms with Crippen LogP contribution in [0.5, 0.6) is 5.75 Å². The fourth-order valence-corrected chi connectivity index (χ4v) is 4.90. The summed E-state index contributed by atoms with van der Waals surface area (Å²) in [7, 11) is 2.69. The van der Waals surface area contributed by atoms with E-state index in [1.54, 1.807) is 31.2 Å². The Morgan fingerprint density at radius 2 is 1.84 bits per heavy atom. The van der Waals surface area contributed by atoms with Crippen LogP contribution in [-0.4, -0.2) is 91.7 Å². The van der Waals surface area contributed by atoms with E-state index in [4.69, 9.17) is 14.2 Å². The Kier molecular flexibility index (Phi) is 12.3. The SMILES string of the molecule is CCC(=O)OCOCC(=O)[C@H](C[C@@H]1CCN(C(=O)OC)C1=O)NC(=O)[C@H](CC(C)C)NC(=O)c1cc2c(OC)cccc2[nH]1. The number of H-pyrrole nitrogens is 1. The summed E-state index contributed by atoms with van der Waals surface area (Å²) in [6, 6.07) is 4.74. The van der Waals surface area contributed by atoms with Crippen molar-refractivity contribution in [2.45, 2.75) is 58.5 Å². The first-order chi connectivity index (χ1) is 21.0. The third-order valence-corrected chi connectivity index (χ3v) is 7.19. The van der Waals surface area contributed by atoms with Gasteiger partial charge in [-0.05, 0) is 43.4 Å². The Balaban J connectivity index is 1.77. The molecule has 1 fully saturated rings. The van der Waals surface area contributed by atoms with Gasteiger partial charge in [-0.15, -0.1) is 0 Å². The highest BCUT2D eigenvalue weighted by Gasteiger charge is 2.39. The van der Waals surface area contributed by atoms with Gasteiger partial charge in [0.2, 0.25) is 11.8 Å². The highest BCUT2D eigenvalue weighted by atomic mass is 16.7. The minimum absolute atomic E-state index is 0.00961. The van der Waals surface area contributed by atoms with E-state index in [1.807, 2.05) is 13.8 Å². The molecule has 0 radical (unpaired) electrons. The molecule has 0 bridgehead atoms. The van der Waals surface area contributed by atoms with Crippen LogP contribution in [0.2, 0.25) is 0 Å². The fraction of sp³-hybridized carbons (Fsp3) is 0.533. The first-order valence-corrected chi connectivity index (χ1v) is 14.4. The third-order valence-electron chi connectivity index (χ3n) is 7.19. The Labute approximate surface area is 255 Å². The van der Waals surface area contributed by atoms with Crippen LogP contribution in [0.25, 0.3) is 10.9 Å². The number of nitrogens with zero attached hydrogens (tertiary/aromatic N) is 1. The monoisotopic (exact) mass is 616 g/mol. The van der Waals surface area contributed by atoms with Crippen LogP contribution in [0.15, 0.2) is 24.3 Å². The van der Waals surface area contributed by atoms with Crippen molar-refractivity contribution >= 4 is 46.5 Å². The molecule has 0 saturated carbocycles. The predicted octanol–water partition coefficient (Wildman–Crippen LogP) is 2.31. The van der Waals surface area contributed by atoms with Crippen molar-refractivity contribution in [3.63, 3.8) is 0 Å². The molecule has 2 aromatic rings. The van der Waals surface area contributed by atoms with E-state index < -0.39 is 67.0 Å². The van der Waals surface area contributed by atoms with Crippen LogP contribution in [0.3, 0.4) is 0 Å². The zero-order valence-corrected chi connectivity index (χ0v) is 25.6. The number of amides is 4. The molecule has 4 amide bonds. The van der Waals surface area contributed by atoms with Gasteiger partial charge in [-0.1, -0.05) is 26.8 Å². The number of aromatic nitrogens is 1. The molecule has 0 unspecified atom stereocenters. The number of hydrogen-bond donors (Lipinski definition) is 3. The van der Waals surface area contributed by atoms with E-state index in [0.717, 1.165) is 12.0 Å². The van der Waals surface area contributed by atoms with Crippen LogP contribution < -0.4 is 15.4 Å². The molecule has 14 heteroatoms. The second-order valence-corrected chi connectivity index (χ2v) is 10.8. The molecule has 2 heterocycles. The second-order valence-electron chi connectivity index (χ2n) is 10.8. The molecule has 44 heavy (non-hydrogen) atoms. The second kappa shape index (κ2) is 15.8. The van der Waals surface area contributed by atoms with Gasteiger partial charge in [-0.3, -0.25) is 24.0 Å². The molecule has 1 aliphatic heterocycles. The molecule has 14 nitrogen and oxygen atoms in total. The van der Waals surface area contributed by atoms with Crippen molar-refractivity contribution in [2.75, 3.05) is 34.2 Å². The maximum absolute atomic E-state index is 13.6. The molecule has 3 atom stereocenters. The number of nitrogens with one attached hydrogen (secondary N) is 3. The number of fused-ring (bicyclic) bond motifs is 1. The summed E-state index contributed by atoms with van der Waals surface area (Å²) < 4.78 is 20.1. The van der Waals surface area contributed by atoms with Crippen LogP contribution in [0.4, 0.5) is 4.79 Å². The lowest BCUT2D eigenvalue weighted by Crippen LogP contribution is -2.53. The van der Waals surface area contributed by atoms with Crippen molar-refractivity contribution in [1.82, 2.24) is 20.5 Å². The standard InChI is InChI=1S/C30H40N4O10/c1-6-26(36)44-16-43-15-24(35)21(13-18-10-11-34(29(18)39)30(40)42-5)32-27(37)22(12-17(2)3)33-28(38)23-14-19-20(31-23)8-7-9-25(19)41-4/h7-9,14,17-18,21-22,31H,6,10-13,15-16H2,1-5H3,(H,32,37)(H,33,38)/t18-,21-,22-/m0/s1. The number of ketones is 1. The number of Topliss-reactive ketones (excluding diaryl/α,β-unsaturated/α-hetero) is 1. The van der Waals surface area contributed by atoms with E-state index in [1.165, 1.54) is 7.11 Å². The van der Waals surface area contributed by atoms with Gasteiger partial charge in [0, 0.05) is 29.8 Å². The summed E-state index contributed by atoms with van der Waals surface area (Å²) in [5.74, 6) is -2.96. The molecular formula is C30H40N4O10. The molecular weight excluding hydrogens is 576 g/mol. The summed E-state index contributed by atoms with van der Waals surface area (Å²) in [6.07, 6.45) is -0.271. The average Bonchev–Trinajstić information content (AvgIpc) is 3.61. The van der Waals surface area contributed by atoms with Gasteiger partial charge < -0.3 is 34.6 Å². The van der Waals surface area contributed by atoms with Crippen LogP contribution in [-0.2, 0) is 33.4 Å². The van der Waals surface area contributed by atoms with Crippen molar-refractivity contribution in [3.8, 4) is 5.75 Å². The van der Waals surface area contributed by atoms with Crippen molar-refractivity contribution in [1.29, 1.82) is 0 Å². The lowest BCUT2D eigenvalue weighted by molar-refractivity contribution is -0.158. The number of rotatable bonds is 15. The van der Waals surface area contributed by atoms with E-state index in [9.17, 15) is 28.8 Å². The number of likely N-dealkylation sites (tertiary alicyclic amines) is 1. The number of aromatic amines is 1. The molecule has 1 aromatic heterocycles. The van der Waals surface area contributed by atoms with Gasteiger partial charge in [0.05, 0.1) is 20.3 Å². The van der Waals surface area contributed by atoms with Crippen molar-refractivity contribution < 1.29 is 47.7 Å². The molecule has 1 aromatic carbocycles. The number of carbonyl (C=O) groups excluding carboxylic acids is 6. The van der Waals surface area contributed by atoms with Crippen LogP contribution >= 0.6 is 0 Å². The number of ether oxygens (including phenoxy) is 4. The summed E-state index contributed by atoms with van der Waals surface area (Å²) in [5.41, 5.74) is 0.894. The lowest BCUT2D eigenvalue weighted by atomic mass is 9.95. The van der Waals surface area contributed by atoms with Crippen LogP contribution in [0, 0.1) is 11.8 Å². The predicted molar refractivity (Wildman–Crippen MR) is 157 cm³/mol. The Hall–Kier alpha value is -4.46. The third kappa shape index (κ3) is 8.78. The number of esters is 1. The van der Waals surface area contributed by atoms with Gasteiger partial charge >= 0.3 is 12.1 Å². The maximum atomic E-state index is 13.6. The quantitative estimate of drug-likeness (QED) is 0.153. The molecule has 0 aliphatic carbocycles. The first kappa shape index (κ1) is 34.0. The smallest absolute Gasteiger partial charge is 0.416 e. The van der Waals surface area contributed by atoms with E-state index in [2.05, 4.69) is 20.4 Å². The van der Waals surface area contributed by atoms with Crippen molar-refractivity contribution in [3.05, 3.63) is 30.0 Å². The fourth-order valence-electron chi connectivity index (χ4n) is 4.90. The molecule has 1 saturated heterocycles. The van der Waals surface area contributed by atoms with E-state index >= 15 is 0 Å². The summed E-state index contributed by atoms with van der Waals surface area (Å²) in [6.45, 7) is 4.51. The zero-order valence-electron chi connectivity index (χ0n) is 25.6. The average molecular weight is 617 g/mol. The highest BCUT2D eigenvalue weighted by Crippen LogP contribution is 2.26. The number of methoxy groups -OCH3 is 2. The molecule has 0 spiro atoms. The van der Waals surface area contributed by atoms with Gasteiger partial charge in [-0.2, -0.15) is 0 Å². The Bertz CT molecular complexity index is 1370. The first-order valence-electron chi connectivity index (χ1n) is 14.4. The summed E-state index contributed by atoms with van der Waals surface area (Å²) >= 11 is 0. The Morgan fingerprint density at radius 3 is 2.50 bits per heavy atom.